The summed E-state index contributed by atoms with van der Waals surface area (Å²) in [5, 5.41) is 10.2. The molecule has 1 saturated heterocycles. The Balaban J connectivity index is 1.39. The van der Waals surface area contributed by atoms with Crippen LogP contribution in [0.25, 0.3) is 5.82 Å². The van der Waals surface area contributed by atoms with E-state index in [0.717, 1.165) is 5.69 Å². The van der Waals surface area contributed by atoms with Gasteiger partial charge in [-0.1, -0.05) is 0 Å². The van der Waals surface area contributed by atoms with E-state index in [9.17, 15) is 9.59 Å². The third-order valence-electron chi connectivity index (χ3n) is 4.18. The van der Waals surface area contributed by atoms with Crippen molar-refractivity contribution < 1.29 is 14.3 Å². The van der Waals surface area contributed by atoms with Crippen molar-refractivity contribution in [1.82, 2.24) is 24.6 Å². The Labute approximate surface area is 166 Å². The first-order valence-electron chi connectivity index (χ1n) is 9.01. The van der Waals surface area contributed by atoms with Crippen molar-refractivity contribution in [2.75, 3.05) is 30.3 Å². The Morgan fingerprint density at radius 3 is 2.69 bits per heavy atom. The Morgan fingerprint density at radius 1 is 1.21 bits per heavy atom. The number of aryl methyl sites for hydroxylation is 1. The van der Waals surface area contributed by atoms with Crippen LogP contribution >= 0.6 is 0 Å². The number of hydrogen-bond acceptors (Lipinski definition) is 7. The van der Waals surface area contributed by atoms with Gasteiger partial charge in [-0.25, -0.2) is 19.4 Å². The quantitative estimate of drug-likeness (QED) is 0.659. The first-order valence-corrected chi connectivity index (χ1v) is 9.01. The summed E-state index contributed by atoms with van der Waals surface area (Å²) in [4.78, 5) is 33.6. The Kier molecular flexibility index (Phi) is 5.06. The Morgan fingerprint density at radius 2 is 2.00 bits per heavy atom. The number of nitrogens with zero attached hydrogens (tertiary/aromatic N) is 5. The molecule has 0 unspecified atom stereocenters. The molecule has 148 valence electrons. The molecule has 0 atom stereocenters. The number of benzene rings is 1. The van der Waals surface area contributed by atoms with E-state index in [1.807, 2.05) is 31.3 Å². The van der Waals surface area contributed by atoms with Gasteiger partial charge >= 0.3 is 6.09 Å². The molecule has 0 aliphatic carbocycles. The molecule has 1 fully saturated rings. The lowest BCUT2D eigenvalue weighted by Gasteiger charge is -2.13. The van der Waals surface area contributed by atoms with Crippen LogP contribution in [0.2, 0.25) is 0 Å². The number of nitrogens with one attached hydrogen (secondary N) is 2. The normalized spacial score (nSPS) is 13.3. The number of amides is 2. The maximum Gasteiger partial charge on any atom is 0.410 e. The number of aromatic nitrogens is 4. The summed E-state index contributed by atoms with van der Waals surface area (Å²) in [6, 6.07) is 10.8. The maximum atomic E-state index is 12.1. The summed E-state index contributed by atoms with van der Waals surface area (Å²) in [5.41, 5.74) is 1.43. The smallest absolute Gasteiger partial charge is 0.410 e. The first kappa shape index (κ1) is 18.4. The summed E-state index contributed by atoms with van der Waals surface area (Å²) < 4.78 is 6.47. The molecule has 10 heteroatoms. The van der Waals surface area contributed by atoms with Crippen molar-refractivity contribution >= 4 is 29.2 Å². The molecular weight excluding hydrogens is 374 g/mol. The van der Waals surface area contributed by atoms with Crippen LogP contribution in [-0.4, -0.2) is 56.3 Å². The standard InChI is InChI=1S/C19H19N7O3/c1-13-21-16(11-17(22-13)26-8-2-7-20-26)23-14-3-5-15(6-4-14)24-18(27)12-25-9-10-29-19(25)28/h2-8,11H,9-10,12H2,1H3,(H,24,27)(H,21,22,23). The van der Waals surface area contributed by atoms with E-state index in [1.54, 1.807) is 29.1 Å². The second kappa shape index (κ2) is 7.97. The average molecular weight is 393 g/mol. The zero-order valence-electron chi connectivity index (χ0n) is 15.7. The third kappa shape index (κ3) is 4.49. The fourth-order valence-electron chi connectivity index (χ4n) is 2.87. The summed E-state index contributed by atoms with van der Waals surface area (Å²) >= 11 is 0. The van der Waals surface area contributed by atoms with Gasteiger partial charge in [0.05, 0.1) is 6.54 Å². The van der Waals surface area contributed by atoms with Crippen LogP contribution in [-0.2, 0) is 9.53 Å². The Hall–Kier alpha value is -3.95. The molecule has 0 bridgehead atoms. The first-order chi connectivity index (χ1) is 14.1. The van der Waals surface area contributed by atoms with Gasteiger partial charge < -0.3 is 15.4 Å². The Bertz CT molecular complexity index is 1020. The van der Waals surface area contributed by atoms with E-state index >= 15 is 0 Å². The van der Waals surface area contributed by atoms with E-state index in [0.29, 0.717) is 36.3 Å². The summed E-state index contributed by atoms with van der Waals surface area (Å²) in [6.07, 6.45) is 3.03. The van der Waals surface area contributed by atoms with E-state index in [4.69, 9.17) is 4.74 Å². The largest absolute Gasteiger partial charge is 0.448 e. The van der Waals surface area contributed by atoms with Crippen LogP contribution in [0.1, 0.15) is 5.82 Å². The van der Waals surface area contributed by atoms with Crippen molar-refractivity contribution in [3.63, 3.8) is 0 Å². The third-order valence-corrected chi connectivity index (χ3v) is 4.18. The molecule has 0 saturated carbocycles. The zero-order valence-corrected chi connectivity index (χ0v) is 15.7. The van der Waals surface area contributed by atoms with E-state index in [2.05, 4.69) is 25.7 Å². The molecule has 29 heavy (non-hydrogen) atoms. The summed E-state index contributed by atoms with van der Waals surface area (Å²) in [7, 11) is 0. The van der Waals surface area contributed by atoms with Crippen LogP contribution in [0.3, 0.4) is 0 Å². The van der Waals surface area contributed by atoms with Crippen LogP contribution in [0.5, 0.6) is 0 Å². The highest BCUT2D eigenvalue weighted by Gasteiger charge is 2.24. The van der Waals surface area contributed by atoms with Gasteiger partial charge in [0.2, 0.25) is 5.91 Å². The monoisotopic (exact) mass is 393 g/mol. The minimum Gasteiger partial charge on any atom is -0.448 e. The van der Waals surface area contributed by atoms with E-state index in [1.165, 1.54) is 4.90 Å². The van der Waals surface area contributed by atoms with Crippen molar-refractivity contribution in [1.29, 1.82) is 0 Å². The molecule has 0 radical (unpaired) electrons. The van der Waals surface area contributed by atoms with E-state index < -0.39 is 6.09 Å². The fourth-order valence-corrected chi connectivity index (χ4v) is 2.87. The molecule has 10 nitrogen and oxygen atoms in total. The number of carbonyl (C=O) groups is 2. The number of hydrogen-bond donors (Lipinski definition) is 2. The number of anilines is 3. The van der Waals surface area contributed by atoms with Gasteiger partial charge in [-0.05, 0) is 37.3 Å². The van der Waals surface area contributed by atoms with Crippen molar-refractivity contribution in [2.24, 2.45) is 0 Å². The minimum absolute atomic E-state index is 0.0325. The highest BCUT2D eigenvalue weighted by molar-refractivity contribution is 5.94. The van der Waals surface area contributed by atoms with Crippen LogP contribution < -0.4 is 10.6 Å². The molecule has 0 spiro atoms. The van der Waals surface area contributed by atoms with Gasteiger partial charge in [0, 0.05) is 29.8 Å². The lowest BCUT2D eigenvalue weighted by Crippen LogP contribution is -2.33. The van der Waals surface area contributed by atoms with Gasteiger partial charge in [-0.15, -0.1) is 0 Å². The maximum absolute atomic E-state index is 12.1. The second-order valence-corrected chi connectivity index (χ2v) is 6.40. The topological polar surface area (TPSA) is 114 Å². The van der Waals surface area contributed by atoms with Crippen molar-refractivity contribution in [2.45, 2.75) is 6.92 Å². The predicted molar refractivity (Wildman–Crippen MR) is 105 cm³/mol. The second-order valence-electron chi connectivity index (χ2n) is 6.40. The lowest BCUT2D eigenvalue weighted by molar-refractivity contribution is -0.116. The van der Waals surface area contributed by atoms with Gasteiger partial charge in [-0.2, -0.15) is 5.10 Å². The molecule has 2 amide bonds. The molecular formula is C19H19N7O3. The number of cyclic esters (lactones) is 1. The van der Waals surface area contributed by atoms with Crippen LogP contribution in [0.15, 0.2) is 48.8 Å². The predicted octanol–water partition coefficient (Wildman–Crippen LogP) is 2.11. The lowest BCUT2D eigenvalue weighted by atomic mass is 10.2. The number of rotatable bonds is 6. The highest BCUT2D eigenvalue weighted by atomic mass is 16.6. The SMILES string of the molecule is Cc1nc(Nc2ccc(NC(=O)CN3CCOC3=O)cc2)cc(-n2cccn2)n1. The molecule has 2 aromatic heterocycles. The van der Waals surface area contributed by atoms with Crippen molar-refractivity contribution in [3.8, 4) is 5.82 Å². The average Bonchev–Trinajstić information content (AvgIpc) is 3.35. The highest BCUT2D eigenvalue weighted by Crippen LogP contribution is 2.19. The van der Waals surface area contributed by atoms with Gasteiger partial charge in [0.1, 0.15) is 24.8 Å². The van der Waals surface area contributed by atoms with E-state index in [-0.39, 0.29) is 12.5 Å². The molecule has 3 aromatic rings. The number of ether oxygens (including phenoxy) is 1. The van der Waals surface area contributed by atoms with Gasteiger partial charge in [-0.3, -0.25) is 9.69 Å². The summed E-state index contributed by atoms with van der Waals surface area (Å²) in [6.45, 7) is 2.52. The molecule has 3 heterocycles. The number of carbonyl (C=O) groups excluding carboxylic acids is 2. The minimum atomic E-state index is -0.464. The van der Waals surface area contributed by atoms with Crippen LogP contribution in [0, 0.1) is 6.92 Å². The molecule has 1 aliphatic heterocycles. The molecule has 1 aliphatic rings. The van der Waals surface area contributed by atoms with Gasteiger partial charge in [0.15, 0.2) is 5.82 Å². The summed E-state index contributed by atoms with van der Waals surface area (Å²) in [5.74, 6) is 1.63. The van der Waals surface area contributed by atoms with Crippen molar-refractivity contribution in [3.05, 3.63) is 54.6 Å². The zero-order chi connectivity index (χ0) is 20.2. The fraction of sp³-hybridized carbons (Fsp3) is 0.211. The molecule has 4 rings (SSSR count). The molecule has 2 N–H and O–H groups in total. The molecule has 1 aromatic carbocycles. The van der Waals surface area contributed by atoms with Crippen LogP contribution in [0.4, 0.5) is 22.0 Å². The van der Waals surface area contributed by atoms with Gasteiger partial charge in [0.25, 0.3) is 0 Å².